The van der Waals surface area contributed by atoms with E-state index >= 15 is 0 Å². The van der Waals surface area contributed by atoms with Crippen LogP contribution in [0.1, 0.15) is 29.1 Å². The van der Waals surface area contributed by atoms with Gasteiger partial charge in [-0.1, -0.05) is 41.9 Å². The molecular weight excluding hydrogens is 550 g/mol. The highest BCUT2D eigenvalue weighted by Crippen LogP contribution is 2.36. The first-order chi connectivity index (χ1) is 19.2. The number of rotatable bonds is 7. The number of tetrazole rings is 1. The number of hydrogen-bond acceptors (Lipinski definition) is 9. The van der Waals surface area contributed by atoms with Gasteiger partial charge in [0.15, 0.2) is 23.1 Å². The topological polar surface area (TPSA) is 121 Å². The van der Waals surface area contributed by atoms with E-state index in [-0.39, 0.29) is 34.5 Å². The maximum Gasteiger partial charge on any atom is 0.345 e. The van der Waals surface area contributed by atoms with Crippen molar-refractivity contribution >= 4 is 29.4 Å². The van der Waals surface area contributed by atoms with Crippen LogP contribution in [0.2, 0.25) is 5.02 Å². The van der Waals surface area contributed by atoms with Crippen molar-refractivity contribution in [2.45, 2.75) is 19.7 Å². The second-order valence-electron chi connectivity index (χ2n) is 8.38. The van der Waals surface area contributed by atoms with E-state index in [9.17, 15) is 18.4 Å². The van der Waals surface area contributed by atoms with Crippen LogP contribution in [0.25, 0.3) is 11.4 Å². The minimum Gasteiger partial charge on any atom is -0.493 e. The SMILES string of the molecule is COc1cc([C@H]2OC(Cn3nnc(-c4ccccc4)n3)=NN2C(C)=O)ccc1OC(=O)c1cc(F)c(F)cc1Cl. The maximum atomic E-state index is 13.6. The molecule has 1 atom stereocenters. The summed E-state index contributed by atoms with van der Waals surface area (Å²) < 4.78 is 43.6. The zero-order chi connectivity index (χ0) is 28.4. The Kier molecular flexibility index (Phi) is 7.38. The first-order valence-corrected chi connectivity index (χ1v) is 12.0. The van der Waals surface area contributed by atoms with Crippen molar-refractivity contribution in [1.29, 1.82) is 0 Å². The molecule has 2 heterocycles. The molecule has 0 saturated heterocycles. The number of carbonyl (C=O) groups is 2. The Labute approximate surface area is 230 Å². The fourth-order valence-electron chi connectivity index (χ4n) is 3.78. The second kappa shape index (κ2) is 11.1. The third kappa shape index (κ3) is 5.45. The monoisotopic (exact) mass is 568 g/mol. The molecule has 0 aliphatic carbocycles. The van der Waals surface area contributed by atoms with Gasteiger partial charge < -0.3 is 14.2 Å². The summed E-state index contributed by atoms with van der Waals surface area (Å²) in [5.74, 6) is -3.26. The van der Waals surface area contributed by atoms with Crippen LogP contribution < -0.4 is 9.47 Å². The number of hydrogen-bond donors (Lipinski definition) is 0. The summed E-state index contributed by atoms with van der Waals surface area (Å²) >= 11 is 5.88. The third-order valence-corrected chi connectivity index (χ3v) is 5.99. The number of nitrogens with zero attached hydrogens (tertiary/aromatic N) is 6. The number of aromatic nitrogens is 4. The maximum absolute atomic E-state index is 13.6. The molecule has 14 heteroatoms. The molecule has 1 aliphatic heterocycles. The second-order valence-corrected chi connectivity index (χ2v) is 8.79. The molecule has 11 nitrogen and oxygen atoms in total. The molecule has 3 aromatic carbocycles. The van der Waals surface area contributed by atoms with E-state index in [1.807, 2.05) is 30.3 Å². The summed E-state index contributed by atoms with van der Waals surface area (Å²) in [6.07, 6.45) is -0.969. The van der Waals surface area contributed by atoms with E-state index in [1.165, 1.54) is 37.0 Å². The fourth-order valence-corrected chi connectivity index (χ4v) is 4.01. The number of esters is 1. The Morgan fingerprint density at radius 2 is 1.80 bits per heavy atom. The molecule has 40 heavy (non-hydrogen) atoms. The molecule has 0 N–H and O–H groups in total. The predicted octanol–water partition coefficient (Wildman–Crippen LogP) is 4.39. The minimum absolute atomic E-state index is 0.00192. The van der Waals surface area contributed by atoms with Gasteiger partial charge in [-0.25, -0.2) is 13.6 Å². The molecular formula is C26H19ClF2N6O5. The molecule has 1 aliphatic rings. The highest BCUT2D eigenvalue weighted by Gasteiger charge is 2.34. The van der Waals surface area contributed by atoms with Gasteiger partial charge in [0, 0.05) is 18.1 Å². The summed E-state index contributed by atoms with van der Waals surface area (Å²) in [4.78, 5) is 26.2. The Morgan fingerprint density at radius 1 is 1.05 bits per heavy atom. The molecule has 4 aromatic rings. The van der Waals surface area contributed by atoms with Crippen LogP contribution in [0.5, 0.6) is 11.5 Å². The molecule has 0 radical (unpaired) electrons. The quantitative estimate of drug-likeness (QED) is 0.183. The van der Waals surface area contributed by atoms with Crippen molar-refractivity contribution in [3.63, 3.8) is 0 Å². The number of methoxy groups -OCH3 is 1. The van der Waals surface area contributed by atoms with Crippen LogP contribution in [0.4, 0.5) is 8.78 Å². The van der Waals surface area contributed by atoms with Crippen LogP contribution >= 0.6 is 11.6 Å². The summed E-state index contributed by atoms with van der Waals surface area (Å²) in [7, 11) is 1.34. The third-order valence-electron chi connectivity index (χ3n) is 5.68. The Hall–Kier alpha value is -4.91. The lowest BCUT2D eigenvalue weighted by atomic mass is 10.1. The number of ether oxygens (including phenoxy) is 3. The van der Waals surface area contributed by atoms with Crippen molar-refractivity contribution in [2.75, 3.05) is 7.11 Å². The van der Waals surface area contributed by atoms with Gasteiger partial charge in [0.25, 0.3) is 0 Å². The van der Waals surface area contributed by atoms with Crippen LogP contribution in [-0.4, -0.2) is 50.1 Å². The zero-order valence-corrected chi connectivity index (χ0v) is 21.7. The molecule has 0 fully saturated rings. The highest BCUT2D eigenvalue weighted by molar-refractivity contribution is 6.33. The lowest BCUT2D eigenvalue weighted by molar-refractivity contribution is -0.135. The van der Waals surface area contributed by atoms with E-state index in [0.717, 1.165) is 10.6 Å². The molecule has 0 unspecified atom stereocenters. The van der Waals surface area contributed by atoms with Gasteiger partial charge in [-0.05, 0) is 35.5 Å². The highest BCUT2D eigenvalue weighted by atomic mass is 35.5. The van der Waals surface area contributed by atoms with Crippen LogP contribution in [-0.2, 0) is 16.1 Å². The number of amides is 1. The van der Waals surface area contributed by atoms with Crippen molar-refractivity contribution in [3.05, 3.63) is 88.4 Å². The van der Waals surface area contributed by atoms with Gasteiger partial charge in [-0.3, -0.25) is 4.79 Å². The Morgan fingerprint density at radius 3 is 2.52 bits per heavy atom. The smallest absolute Gasteiger partial charge is 0.345 e. The van der Waals surface area contributed by atoms with Gasteiger partial charge in [-0.2, -0.15) is 9.81 Å². The van der Waals surface area contributed by atoms with Crippen molar-refractivity contribution in [1.82, 2.24) is 25.2 Å². The lowest BCUT2D eigenvalue weighted by Crippen LogP contribution is -2.25. The lowest BCUT2D eigenvalue weighted by Gasteiger charge is -2.20. The van der Waals surface area contributed by atoms with Crippen LogP contribution in [0.15, 0.2) is 65.8 Å². The molecule has 1 aromatic heterocycles. The van der Waals surface area contributed by atoms with E-state index in [1.54, 1.807) is 0 Å². The van der Waals surface area contributed by atoms with E-state index in [2.05, 4.69) is 20.5 Å². The standard InChI is InChI=1S/C26H19ClF2N6O5/c1-14(36)35-25(40-23(31-35)13-34-32-24(30-33-34)15-6-4-3-5-7-15)16-8-9-21(22(10-16)38-2)39-26(37)17-11-19(28)20(29)12-18(17)27/h3-12,25H,13H2,1-2H3/t25-/m1/s1. The molecule has 0 spiro atoms. The van der Waals surface area contributed by atoms with Crippen molar-refractivity contribution in [3.8, 4) is 22.9 Å². The molecule has 0 saturated carbocycles. The molecule has 5 rings (SSSR count). The summed E-state index contributed by atoms with van der Waals surface area (Å²) in [5.41, 5.74) is 0.850. The number of benzene rings is 3. The first kappa shape index (κ1) is 26.7. The van der Waals surface area contributed by atoms with Gasteiger partial charge in [0.05, 0.1) is 17.7 Å². The average Bonchev–Trinajstić information content (AvgIpc) is 3.59. The van der Waals surface area contributed by atoms with E-state index in [4.69, 9.17) is 25.8 Å². The van der Waals surface area contributed by atoms with Crippen molar-refractivity contribution < 1.29 is 32.6 Å². The van der Waals surface area contributed by atoms with Gasteiger partial charge in [0.2, 0.25) is 23.9 Å². The zero-order valence-electron chi connectivity index (χ0n) is 20.9. The summed E-state index contributed by atoms with van der Waals surface area (Å²) in [6, 6.07) is 15.0. The average molecular weight is 569 g/mol. The van der Waals surface area contributed by atoms with Crippen LogP contribution in [0, 0.1) is 11.6 Å². The normalized spacial score (nSPS) is 14.5. The number of carbonyl (C=O) groups excluding carboxylic acids is 2. The van der Waals surface area contributed by atoms with E-state index in [0.29, 0.717) is 23.5 Å². The number of halogens is 3. The molecule has 0 bridgehead atoms. The predicted molar refractivity (Wildman–Crippen MR) is 136 cm³/mol. The van der Waals surface area contributed by atoms with E-state index < -0.39 is 29.7 Å². The molecule has 204 valence electrons. The fraction of sp³-hybridized carbons (Fsp3) is 0.154. The van der Waals surface area contributed by atoms with Gasteiger partial charge >= 0.3 is 5.97 Å². The Bertz CT molecular complexity index is 1630. The van der Waals surface area contributed by atoms with Crippen molar-refractivity contribution in [2.24, 2.45) is 5.10 Å². The van der Waals surface area contributed by atoms with Crippen LogP contribution in [0.3, 0.4) is 0 Å². The minimum atomic E-state index is -1.26. The Balaban J connectivity index is 1.34. The largest absolute Gasteiger partial charge is 0.493 e. The van der Waals surface area contributed by atoms with Gasteiger partial charge in [-0.15, -0.1) is 15.3 Å². The summed E-state index contributed by atoms with van der Waals surface area (Å²) in [5, 5.41) is 17.5. The summed E-state index contributed by atoms with van der Waals surface area (Å²) in [6.45, 7) is 1.32. The first-order valence-electron chi connectivity index (χ1n) is 11.7. The van der Waals surface area contributed by atoms with Gasteiger partial charge in [0.1, 0.15) is 6.54 Å². The number of hydrazone groups is 1. The molecule has 1 amide bonds.